The van der Waals surface area contributed by atoms with Gasteiger partial charge in [0.2, 0.25) is 0 Å². The van der Waals surface area contributed by atoms with Crippen LogP contribution in [0.3, 0.4) is 0 Å². The molecule has 0 amide bonds. The number of benzene rings is 1. The first-order valence-corrected chi connectivity index (χ1v) is 6.20. The molecular weight excluding hydrogens is 287 g/mol. The predicted molar refractivity (Wildman–Crippen MR) is 71.3 cm³/mol. The largest absolute Gasteiger partial charge is 0.488 e. The fraction of sp³-hybridized carbons (Fsp3) is 0.286. The molecule has 0 aliphatic carbocycles. The lowest BCUT2D eigenvalue weighted by Crippen LogP contribution is -2.35. The molecule has 2 aromatic rings. The Balaban J connectivity index is 2.06. The SMILES string of the molecule is CCOc1c(NCc2ccc(C(F)(F)F)cc2)c(=O)c1=O. The van der Waals surface area contributed by atoms with Crippen LogP contribution >= 0.6 is 0 Å². The van der Waals surface area contributed by atoms with Crippen LogP contribution in [-0.2, 0) is 12.7 Å². The van der Waals surface area contributed by atoms with E-state index < -0.39 is 22.6 Å². The third-order valence-electron chi connectivity index (χ3n) is 2.91. The molecule has 0 bridgehead atoms. The Morgan fingerprint density at radius 1 is 1.10 bits per heavy atom. The number of hydrogen-bond donors (Lipinski definition) is 1. The lowest BCUT2D eigenvalue weighted by atomic mass is 10.1. The van der Waals surface area contributed by atoms with Gasteiger partial charge in [0.15, 0.2) is 5.75 Å². The van der Waals surface area contributed by atoms with Crippen molar-refractivity contribution in [2.24, 2.45) is 0 Å². The average Bonchev–Trinajstić information content (AvgIpc) is 2.45. The van der Waals surface area contributed by atoms with Crippen molar-refractivity contribution in [1.29, 1.82) is 0 Å². The minimum Gasteiger partial charge on any atom is -0.488 e. The van der Waals surface area contributed by atoms with E-state index >= 15 is 0 Å². The van der Waals surface area contributed by atoms with Gasteiger partial charge in [-0.2, -0.15) is 13.2 Å². The van der Waals surface area contributed by atoms with E-state index in [4.69, 9.17) is 4.74 Å². The first kappa shape index (κ1) is 15.1. The summed E-state index contributed by atoms with van der Waals surface area (Å²) in [6.07, 6.45) is -4.38. The van der Waals surface area contributed by atoms with E-state index in [0.717, 1.165) is 12.1 Å². The highest BCUT2D eigenvalue weighted by atomic mass is 19.4. The van der Waals surface area contributed by atoms with Gasteiger partial charge in [-0.1, -0.05) is 12.1 Å². The second kappa shape index (κ2) is 5.59. The van der Waals surface area contributed by atoms with Crippen molar-refractivity contribution in [1.82, 2.24) is 0 Å². The van der Waals surface area contributed by atoms with Crippen molar-refractivity contribution in [3.63, 3.8) is 0 Å². The summed E-state index contributed by atoms with van der Waals surface area (Å²) in [7, 11) is 0. The van der Waals surface area contributed by atoms with Crippen molar-refractivity contribution < 1.29 is 17.9 Å². The van der Waals surface area contributed by atoms with Crippen molar-refractivity contribution in [2.45, 2.75) is 19.6 Å². The number of rotatable bonds is 5. The Hall–Kier alpha value is -2.31. The molecule has 0 radical (unpaired) electrons. The van der Waals surface area contributed by atoms with Crippen molar-refractivity contribution in [3.8, 4) is 5.75 Å². The monoisotopic (exact) mass is 299 g/mol. The third-order valence-corrected chi connectivity index (χ3v) is 2.91. The molecule has 21 heavy (non-hydrogen) atoms. The van der Waals surface area contributed by atoms with Gasteiger partial charge >= 0.3 is 6.18 Å². The summed E-state index contributed by atoms with van der Waals surface area (Å²) in [6.45, 7) is 2.05. The molecule has 112 valence electrons. The fourth-order valence-electron chi connectivity index (χ4n) is 1.82. The minimum atomic E-state index is -4.38. The minimum absolute atomic E-state index is 0.0191. The maximum atomic E-state index is 12.4. The van der Waals surface area contributed by atoms with E-state index in [-0.39, 0.29) is 24.6 Å². The van der Waals surface area contributed by atoms with Gasteiger partial charge in [-0.3, -0.25) is 9.59 Å². The van der Waals surface area contributed by atoms with E-state index in [1.54, 1.807) is 6.92 Å². The molecule has 7 heteroatoms. The summed E-state index contributed by atoms with van der Waals surface area (Å²) in [5, 5.41) is 2.71. The summed E-state index contributed by atoms with van der Waals surface area (Å²) in [5.74, 6) is -0.0191. The fourth-order valence-corrected chi connectivity index (χ4v) is 1.82. The van der Waals surface area contributed by atoms with E-state index in [9.17, 15) is 22.8 Å². The first-order valence-electron chi connectivity index (χ1n) is 6.20. The van der Waals surface area contributed by atoms with Crippen LogP contribution in [0.4, 0.5) is 18.9 Å². The van der Waals surface area contributed by atoms with Gasteiger partial charge < -0.3 is 10.1 Å². The Labute approximate surface area is 117 Å². The normalized spacial score (nSPS) is 11.6. The van der Waals surface area contributed by atoms with Gasteiger partial charge in [0.05, 0.1) is 12.2 Å². The molecule has 4 nitrogen and oxygen atoms in total. The molecule has 2 rings (SSSR count). The average molecular weight is 299 g/mol. The summed E-state index contributed by atoms with van der Waals surface area (Å²) in [4.78, 5) is 22.6. The second-order valence-electron chi connectivity index (χ2n) is 4.34. The van der Waals surface area contributed by atoms with Gasteiger partial charge in [-0.25, -0.2) is 0 Å². The number of anilines is 1. The third kappa shape index (κ3) is 3.07. The quantitative estimate of drug-likeness (QED) is 0.861. The van der Waals surface area contributed by atoms with Crippen LogP contribution in [0.2, 0.25) is 0 Å². The maximum absolute atomic E-state index is 12.4. The summed E-state index contributed by atoms with van der Waals surface area (Å²) in [6, 6.07) is 4.54. The van der Waals surface area contributed by atoms with Gasteiger partial charge in [0, 0.05) is 6.54 Å². The smallest absolute Gasteiger partial charge is 0.416 e. The van der Waals surface area contributed by atoms with Gasteiger partial charge in [-0.15, -0.1) is 0 Å². The molecule has 0 saturated heterocycles. The maximum Gasteiger partial charge on any atom is 0.416 e. The lowest BCUT2D eigenvalue weighted by molar-refractivity contribution is -0.137. The molecule has 1 N–H and O–H groups in total. The molecular formula is C14H12F3NO3. The summed E-state index contributed by atoms with van der Waals surface area (Å²) >= 11 is 0. The molecule has 2 aromatic carbocycles. The van der Waals surface area contributed by atoms with Crippen LogP contribution in [0.25, 0.3) is 0 Å². The molecule has 0 fully saturated rings. The Kier molecular flexibility index (Phi) is 4.02. The van der Waals surface area contributed by atoms with Crippen LogP contribution in [0.5, 0.6) is 5.75 Å². The highest BCUT2D eigenvalue weighted by Gasteiger charge is 2.30. The number of nitrogens with one attached hydrogen (secondary N) is 1. The number of alkyl halides is 3. The molecule has 0 atom stereocenters. The van der Waals surface area contributed by atoms with Gasteiger partial charge in [0.1, 0.15) is 5.69 Å². The Bertz CT molecular complexity index is 698. The van der Waals surface area contributed by atoms with Crippen LogP contribution in [0.1, 0.15) is 18.1 Å². The van der Waals surface area contributed by atoms with E-state index in [1.807, 2.05) is 0 Å². The molecule has 0 aliphatic heterocycles. The van der Waals surface area contributed by atoms with Crippen molar-refractivity contribution in [2.75, 3.05) is 11.9 Å². The highest BCUT2D eigenvalue weighted by molar-refractivity contribution is 5.61. The van der Waals surface area contributed by atoms with Crippen LogP contribution in [0.15, 0.2) is 33.9 Å². The van der Waals surface area contributed by atoms with E-state index in [0.29, 0.717) is 5.56 Å². The number of halogens is 3. The molecule has 0 spiro atoms. The molecule has 0 unspecified atom stereocenters. The van der Waals surface area contributed by atoms with Crippen LogP contribution in [0, 0.1) is 0 Å². The van der Waals surface area contributed by atoms with Crippen molar-refractivity contribution in [3.05, 3.63) is 55.8 Å². The van der Waals surface area contributed by atoms with Crippen LogP contribution in [-0.4, -0.2) is 6.61 Å². The first-order chi connectivity index (χ1) is 9.84. The zero-order chi connectivity index (χ0) is 15.6. The number of hydrogen-bond acceptors (Lipinski definition) is 4. The van der Waals surface area contributed by atoms with Gasteiger partial charge in [-0.05, 0) is 24.6 Å². The van der Waals surface area contributed by atoms with E-state index in [2.05, 4.69) is 5.32 Å². The zero-order valence-corrected chi connectivity index (χ0v) is 11.1. The highest BCUT2D eigenvalue weighted by Crippen LogP contribution is 2.29. The van der Waals surface area contributed by atoms with Crippen molar-refractivity contribution >= 4 is 5.69 Å². The van der Waals surface area contributed by atoms with Gasteiger partial charge in [0.25, 0.3) is 10.9 Å². The molecule has 0 heterocycles. The molecule has 0 aliphatic rings. The second-order valence-corrected chi connectivity index (χ2v) is 4.34. The standard InChI is InChI=1S/C14H12F3NO3/c1-2-21-13-10(11(19)12(13)20)18-7-8-3-5-9(6-4-8)14(15,16)17/h3-6,18H,2,7H2,1H3. The predicted octanol–water partition coefficient (Wildman–Crippen LogP) is 2.31. The zero-order valence-electron chi connectivity index (χ0n) is 11.1. The lowest BCUT2D eigenvalue weighted by Gasteiger charge is -2.13. The topological polar surface area (TPSA) is 55.4 Å². The molecule has 0 aromatic heterocycles. The molecule has 0 saturated carbocycles. The summed E-state index contributed by atoms with van der Waals surface area (Å²) < 4.78 is 42.2. The number of ether oxygens (including phenoxy) is 1. The summed E-state index contributed by atoms with van der Waals surface area (Å²) in [5.41, 5.74) is -1.48. The van der Waals surface area contributed by atoms with E-state index in [1.165, 1.54) is 12.1 Å². The Morgan fingerprint density at radius 3 is 2.24 bits per heavy atom. The van der Waals surface area contributed by atoms with Crippen LogP contribution < -0.4 is 20.9 Å². The Morgan fingerprint density at radius 2 is 1.71 bits per heavy atom.